The summed E-state index contributed by atoms with van der Waals surface area (Å²) < 4.78 is 1.62. The summed E-state index contributed by atoms with van der Waals surface area (Å²) in [7, 11) is 0. The lowest BCUT2D eigenvalue weighted by atomic mass is 10.2. The van der Waals surface area contributed by atoms with Gasteiger partial charge in [0.15, 0.2) is 11.2 Å². The van der Waals surface area contributed by atoms with E-state index >= 15 is 0 Å². The maximum absolute atomic E-state index is 11.0. The first-order valence-corrected chi connectivity index (χ1v) is 7.47. The molecule has 0 radical (unpaired) electrons. The molecule has 2 aromatic heterocycles. The summed E-state index contributed by atoms with van der Waals surface area (Å²) in [5.41, 5.74) is 3.04. The largest absolute Gasteiger partial charge is 0.480 e. The van der Waals surface area contributed by atoms with Crippen molar-refractivity contribution in [3.05, 3.63) is 36.2 Å². The molecule has 112 valence electrons. The molecule has 0 saturated carbocycles. The Labute approximate surface area is 130 Å². The fourth-order valence-electron chi connectivity index (χ4n) is 1.89. The lowest BCUT2D eigenvalue weighted by Crippen LogP contribution is -2.11. The molecule has 1 N–H and O–H groups in total. The van der Waals surface area contributed by atoms with Crippen LogP contribution in [0.25, 0.3) is 16.9 Å². The van der Waals surface area contributed by atoms with Crippen molar-refractivity contribution < 1.29 is 9.90 Å². The Bertz CT molecular complexity index is 831. The van der Waals surface area contributed by atoms with E-state index in [1.807, 2.05) is 31.2 Å². The summed E-state index contributed by atoms with van der Waals surface area (Å²) in [6.07, 6.45) is 1.40. The van der Waals surface area contributed by atoms with Crippen molar-refractivity contribution in [1.82, 2.24) is 25.0 Å². The van der Waals surface area contributed by atoms with Crippen LogP contribution < -0.4 is 0 Å². The van der Waals surface area contributed by atoms with Crippen LogP contribution in [-0.4, -0.2) is 41.3 Å². The molecule has 2 heterocycles. The molecule has 1 atom stereocenters. The van der Waals surface area contributed by atoms with Crippen molar-refractivity contribution in [2.24, 2.45) is 0 Å². The fourth-order valence-corrected chi connectivity index (χ4v) is 2.68. The number of aromatic nitrogens is 5. The van der Waals surface area contributed by atoms with Crippen LogP contribution in [0.3, 0.4) is 0 Å². The van der Waals surface area contributed by atoms with Gasteiger partial charge in [-0.2, -0.15) is 4.68 Å². The summed E-state index contributed by atoms with van der Waals surface area (Å²) in [5.74, 6) is -0.900. The molecule has 22 heavy (non-hydrogen) atoms. The molecule has 1 aromatic carbocycles. The molecule has 0 fully saturated rings. The number of aliphatic carboxylic acids is 1. The molecule has 8 heteroatoms. The number of hydrogen-bond acceptors (Lipinski definition) is 6. The zero-order valence-corrected chi connectivity index (χ0v) is 12.8. The monoisotopic (exact) mass is 315 g/mol. The predicted octanol–water partition coefficient (Wildman–Crippen LogP) is 2.08. The number of nitrogens with zero attached hydrogens (tertiary/aromatic N) is 5. The number of carboxylic acids is 1. The lowest BCUT2D eigenvalue weighted by molar-refractivity contribution is -0.136. The van der Waals surface area contributed by atoms with Gasteiger partial charge in [0.1, 0.15) is 16.6 Å². The van der Waals surface area contributed by atoms with Crippen molar-refractivity contribution >= 4 is 28.9 Å². The van der Waals surface area contributed by atoms with E-state index in [0.717, 1.165) is 23.0 Å². The average molecular weight is 315 g/mol. The summed E-state index contributed by atoms with van der Waals surface area (Å²) in [6.45, 7) is 3.61. The highest BCUT2D eigenvalue weighted by molar-refractivity contribution is 8.00. The number of carboxylic acid groups (broad SMARTS) is 1. The molecular formula is C14H13N5O2S. The van der Waals surface area contributed by atoms with E-state index in [1.165, 1.54) is 6.33 Å². The Morgan fingerprint density at radius 2 is 2.00 bits per heavy atom. The van der Waals surface area contributed by atoms with Gasteiger partial charge in [-0.3, -0.25) is 4.79 Å². The van der Waals surface area contributed by atoms with Crippen molar-refractivity contribution in [1.29, 1.82) is 0 Å². The number of thioether (sulfide) groups is 1. The maximum Gasteiger partial charge on any atom is 0.316 e. The van der Waals surface area contributed by atoms with Gasteiger partial charge in [-0.25, -0.2) is 9.97 Å². The third kappa shape index (κ3) is 2.64. The zero-order valence-electron chi connectivity index (χ0n) is 12.0. The highest BCUT2D eigenvalue weighted by Crippen LogP contribution is 2.27. The normalized spacial score (nSPS) is 12.5. The molecule has 3 aromatic rings. The van der Waals surface area contributed by atoms with Gasteiger partial charge in [-0.1, -0.05) is 34.7 Å². The number of rotatable bonds is 4. The number of benzene rings is 1. The van der Waals surface area contributed by atoms with E-state index in [0.29, 0.717) is 16.2 Å². The molecule has 0 bridgehead atoms. The second-order valence-corrected chi connectivity index (χ2v) is 6.12. The van der Waals surface area contributed by atoms with Gasteiger partial charge in [-0.15, -0.1) is 5.10 Å². The highest BCUT2D eigenvalue weighted by atomic mass is 32.2. The second kappa shape index (κ2) is 5.72. The van der Waals surface area contributed by atoms with Crippen LogP contribution in [0.2, 0.25) is 0 Å². The first-order chi connectivity index (χ1) is 10.6. The van der Waals surface area contributed by atoms with Crippen LogP contribution in [0.4, 0.5) is 0 Å². The molecule has 0 aliphatic carbocycles. The molecule has 0 aliphatic rings. The summed E-state index contributed by atoms with van der Waals surface area (Å²) in [6, 6.07) is 7.81. The molecule has 0 spiro atoms. The molecule has 7 nitrogen and oxygen atoms in total. The summed E-state index contributed by atoms with van der Waals surface area (Å²) in [4.78, 5) is 19.3. The van der Waals surface area contributed by atoms with Gasteiger partial charge in [0.05, 0.1) is 5.69 Å². The summed E-state index contributed by atoms with van der Waals surface area (Å²) in [5, 5.41) is 17.1. The highest BCUT2D eigenvalue weighted by Gasteiger charge is 2.19. The Balaban J connectivity index is 2.05. The van der Waals surface area contributed by atoms with Crippen molar-refractivity contribution in [3.8, 4) is 5.69 Å². The van der Waals surface area contributed by atoms with Gasteiger partial charge in [0.25, 0.3) is 0 Å². The zero-order chi connectivity index (χ0) is 15.7. The van der Waals surface area contributed by atoms with E-state index in [-0.39, 0.29) is 0 Å². The molecule has 0 amide bonds. The standard InChI is InChI=1S/C14H13N5O2S/c1-8-3-5-10(6-4-8)19-12-11(17-18-19)13(16-7-15-12)22-9(2)14(20)21/h3-7,9H,1-2H3,(H,20,21)/t9-/m1/s1. The minimum Gasteiger partial charge on any atom is -0.480 e. The Kier molecular flexibility index (Phi) is 3.76. The Hall–Kier alpha value is -2.48. The van der Waals surface area contributed by atoms with Gasteiger partial charge in [0, 0.05) is 0 Å². The van der Waals surface area contributed by atoms with Gasteiger partial charge in [0.2, 0.25) is 0 Å². The van der Waals surface area contributed by atoms with Crippen LogP contribution in [-0.2, 0) is 4.79 Å². The third-order valence-electron chi connectivity index (χ3n) is 3.12. The number of carbonyl (C=O) groups is 1. The number of fused-ring (bicyclic) bond motifs is 1. The van der Waals surface area contributed by atoms with Gasteiger partial charge in [-0.05, 0) is 26.0 Å². The smallest absolute Gasteiger partial charge is 0.316 e. The van der Waals surface area contributed by atoms with Crippen molar-refractivity contribution in [2.75, 3.05) is 0 Å². The van der Waals surface area contributed by atoms with E-state index < -0.39 is 11.2 Å². The topological polar surface area (TPSA) is 93.8 Å². The van der Waals surface area contributed by atoms with Crippen LogP contribution in [0, 0.1) is 6.92 Å². The minimum atomic E-state index is -0.900. The molecule has 0 unspecified atom stereocenters. The molecular weight excluding hydrogens is 302 g/mol. The van der Waals surface area contributed by atoms with E-state index in [4.69, 9.17) is 5.11 Å². The van der Waals surface area contributed by atoms with Crippen molar-refractivity contribution in [3.63, 3.8) is 0 Å². The average Bonchev–Trinajstić information content (AvgIpc) is 2.93. The first kappa shape index (κ1) is 14.5. The van der Waals surface area contributed by atoms with Crippen LogP contribution in [0.5, 0.6) is 0 Å². The fraction of sp³-hybridized carbons (Fsp3) is 0.214. The van der Waals surface area contributed by atoms with Crippen LogP contribution in [0.15, 0.2) is 35.6 Å². The Morgan fingerprint density at radius 3 is 2.68 bits per heavy atom. The van der Waals surface area contributed by atoms with E-state index in [9.17, 15) is 4.79 Å². The Morgan fingerprint density at radius 1 is 1.27 bits per heavy atom. The molecule has 0 saturated heterocycles. The van der Waals surface area contributed by atoms with Crippen LogP contribution in [0.1, 0.15) is 12.5 Å². The van der Waals surface area contributed by atoms with Gasteiger partial charge < -0.3 is 5.11 Å². The van der Waals surface area contributed by atoms with E-state index in [1.54, 1.807) is 11.6 Å². The van der Waals surface area contributed by atoms with Crippen LogP contribution >= 0.6 is 11.8 Å². The quantitative estimate of drug-likeness (QED) is 0.582. The third-order valence-corrected chi connectivity index (χ3v) is 4.20. The van der Waals surface area contributed by atoms with Crippen molar-refractivity contribution in [2.45, 2.75) is 24.1 Å². The SMILES string of the molecule is Cc1ccc(-n2nnc3c(S[C@H](C)C(=O)O)ncnc32)cc1. The minimum absolute atomic E-state index is 0.501. The first-order valence-electron chi connectivity index (χ1n) is 6.59. The number of aryl methyl sites for hydroxylation is 1. The molecule has 0 aliphatic heterocycles. The number of hydrogen-bond donors (Lipinski definition) is 1. The summed E-state index contributed by atoms with van der Waals surface area (Å²) >= 11 is 1.13. The lowest BCUT2D eigenvalue weighted by Gasteiger charge is -2.05. The van der Waals surface area contributed by atoms with Gasteiger partial charge >= 0.3 is 5.97 Å². The predicted molar refractivity (Wildman–Crippen MR) is 82.1 cm³/mol. The maximum atomic E-state index is 11.0. The second-order valence-electron chi connectivity index (χ2n) is 4.79. The van der Waals surface area contributed by atoms with E-state index in [2.05, 4.69) is 20.3 Å². The molecule has 3 rings (SSSR count).